The van der Waals surface area contributed by atoms with E-state index in [9.17, 15) is 4.79 Å². The zero-order chi connectivity index (χ0) is 19.3. The Hall–Kier alpha value is -3.13. The molecule has 7 nitrogen and oxygen atoms in total. The fourth-order valence-electron chi connectivity index (χ4n) is 2.82. The number of fused-ring (bicyclic) bond motifs is 1. The van der Waals surface area contributed by atoms with Crippen molar-refractivity contribution in [2.75, 3.05) is 12.3 Å². The summed E-state index contributed by atoms with van der Waals surface area (Å²) in [6.07, 6.45) is 6.30. The largest absolute Gasteiger partial charge is 0.355 e. The van der Waals surface area contributed by atoms with Crippen molar-refractivity contribution in [3.05, 3.63) is 72.4 Å². The molecule has 0 radical (unpaired) electrons. The number of hydrogen-bond acceptors (Lipinski definition) is 5. The third kappa shape index (κ3) is 4.23. The van der Waals surface area contributed by atoms with Gasteiger partial charge in [-0.3, -0.25) is 9.36 Å². The van der Waals surface area contributed by atoms with Crippen molar-refractivity contribution >= 4 is 23.3 Å². The van der Waals surface area contributed by atoms with E-state index < -0.39 is 0 Å². The summed E-state index contributed by atoms with van der Waals surface area (Å²) in [4.78, 5) is 16.7. The van der Waals surface area contributed by atoms with Crippen LogP contribution in [0.15, 0.2) is 66.3 Å². The quantitative estimate of drug-likeness (QED) is 0.489. The number of aromatic nitrogens is 5. The van der Waals surface area contributed by atoms with Gasteiger partial charge in [0.15, 0.2) is 5.16 Å². The van der Waals surface area contributed by atoms with E-state index in [0.29, 0.717) is 18.1 Å². The Kier molecular flexibility index (Phi) is 5.38. The molecule has 28 heavy (non-hydrogen) atoms. The number of carbonyl (C=O) groups excluding carboxylic acids is 1. The van der Waals surface area contributed by atoms with Crippen LogP contribution < -0.4 is 5.32 Å². The van der Waals surface area contributed by atoms with E-state index in [0.717, 1.165) is 17.0 Å². The molecule has 0 aliphatic heterocycles. The molecule has 0 saturated carbocycles. The fraction of sp³-hybridized carbons (Fsp3) is 0.200. The van der Waals surface area contributed by atoms with E-state index in [1.54, 1.807) is 6.33 Å². The molecule has 0 fully saturated rings. The van der Waals surface area contributed by atoms with Crippen molar-refractivity contribution in [1.82, 2.24) is 29.5 Å². The second-order valence-corrected chi connectivity index (χ2v) is 7.35. The number of nitrogens with zero attached hydrogens (tertiary/aromatic N) is 5. The smallest absolute Gasteiger partial charge is 0.230 e. The molecular formula is C20H20N6OS. The first kappa shape index (κ1) is 18.2. The molecule has 1 N–H and O–H groups in total. The molecule has 8 heteroatoms. The Balaban J connectivity index is 1.28. The molecule has 0 saturated heterocycles. The van der Waals surface area contributed by atoms with Crippen molar-refractivity contribution in [1.29, 1.82) is 0 Å². The van der Waals surface area contributed by atoms with Gasteiger partial charge in [-0.25, -0.2) is 4.98 Å². The Morgan fingerprint density at radius 2 is 2.04 bits per heavy atom. The van der Waals surface area contributed by atoms with Crippen molar-refractivity contribution in [2.45, 2.75) is 18.5 Å². The van der Waals surface area contributed by atoms with Crippen LogP contribution in [-0.4, -0.2) is 42.4 Å². The number of hydrogen-bond donors (Lipinski definition) is 1. The molecule has 1 amide bonds. The Bertz CT molecular complexity index is 1050. The van der Waals surface area contributed by atoms with Crippen LogP contribution in [0.5, 0.6) is 0 Å². The summed E-state index contributed by atoms with van der Waals surface area (Å²) in [5.41, 5.74) is 4.04. The van der Waals surface area contributed by atoms with Crippen molar-refractivity contribution in [2.24, 2.45) is 0 Å². The highest BCUT2D eigenvalue weighted by atomic mass is 32.2. The average Bonchev–Trinajstić information content (AvgIpc) is 3.33. The summed E-state index contributed by atoms with van der Waals surface area (Å²) in [5, 5.41) is 11.7. The highest BCUT2D eigenvalue weighted by Gasteiger charge is 2.10. The van der Waals surface area contributed by atoms with Gasteiger partial charge in [-0.1, -0.05) is 35.5 Å². The predicted molar refractivity (Wildman–Crippen MR) is 109 cm³/mol. The van der Waals surface area contributed by atoms with Gasteiger partial charge < -0.3 is 9.72 Å². The molecule has 4 rings (SSSR count). The van der Waals surface area contributed by atoms with Crippen molar-refractivity contribution in [3.8, 4) is 5.69 Å². The van der Waals surface area contributed by atoms with Crippen LogP contribution >= 0.6 is 11.8 Å². The number of imidazole rings is 1. The summed E-state index contributed by atoms with van der Waals surface area (Å²) >= 11 is 1.37. The maximum atomic E-state index is 12.2. The molecule has 142 valence electrons. The lowest BCUT2D eigenvalue weighted by Crippen LogP contribution is -2.27. The van der Waals surface area contributed by atoms with E-state index in [-0.39, 0.29) is 11.7 Å². The standard InChI is InChI=1S/C20H20N6OS/c1-15-5-7-17(8-6-15)26-14-22-24-20(26)28-13-19(27)21-10-9-16-12-25-11-3-2-4-18(25)23-16/h2-8,11-12,14H,9-10,13H2,1H3,(H,21,27). The van der Waals surface area contributed by atoms with Gasteiger partial charge in [0, 0.05) is 31.0 Å². The number of rotatable bonds is 7. The number of thioether (sulfide) groups is 1. The summed E-state index contributed by atoms with van der Waals surface area (Å²) < 4.78 is 3.86. The highest BCUT2D eigenvalue weighted by molar-refractivity contribution is 7.99. The number of pyridine rings is 1. The fourth-order valence-corrected chi connectivity index (χ4v) is 3.58. The van der Waals surface area contributed by atoms with Gasteiger partial charge in [-0.2, -0.15) is 0 Å². The Morgan fingerprint density at radius 3 is 2.86 bits per heavy atom. The number of carbonyl (C=O) groups is 1. The van der Waals surface area contributed by atoms with Gasteiger partial charge in [0.1, 0.15) is 12.0 Å². The number of nitrogens with one attached hydrogen (secondary N) is 1. The number of aryl methyl sites for hydroxylation is 1. The zero-order valence-electron chi connectivity index (χ0n) is 15.4. The zero-order valence-corrected chi connectivity index (χ0v) is 16.3. The van der Waals surface area contributed by atoms with Crippen LogP contribution in [0.1, 0.15) is 11.3 Å². The summed E-state index contributed by atoms with van der Waals surface area (Å²) in [6, 6.07) is 14.0. The van der Waals surface area contributed by atoms with E-state index >= 15 is 0 Å². The second-order valence-electron chi connectivity index (χ2n) is 6.41. The Morgan fingerprint density at radius 1 is 1.18 bits per heavy atom. The average molecular weight is 392 g/mol. The first-order chi connectivity index (χ1) is 13.7. The number of benzene rings is 1. The van der Waals surface area contributed by atoms with E-state index in [1.165, 1.54) is 17.3 Å². The maximum absolute atomic E-state index is 12.2. The van der Waals surface area contributed by atoms with Crippen molar-refractivity contribution < 1.29 is 4.79 Å². The van der Waals surface area contributed by atoms with Gasteiger partial charge in [0.05, 0.1) is 11.4 Å². The van der Waals surface area contributed by atoms with Gasteiger partial charge >= 0.3 is 0 Å². The van der Waals surface area contributed by atoms with E-state index in [1.807, 2.05) is 70.7 Å². The first-order valence-electron chi connectivity index (χ1n) is 8.98. The van der Waals surface area contributed by atoms with Crippen LogP contribution in [-0.2, 0) is 11.2 Å². The molecule has 3 aromatic heterocycles. The third-order valence-electron chi connectivity index (χ3n) is 4.28. The maximum Gasteiger partial charge on any atom is 0.230 e. The topological polar surface area (TPSA) is 77.1 Å². The molecule has 1 aromatic carbocycles. The van der Waals surface area contributed by atoms with Crippen LogP contribution in [0.3, 0.4) is 0 Å². The minimum absolute atomic E-state index is 0.0350. The van der Waals surface area contributed by atoms with Crippen molar-refractivity contribution in [3.63, 3.8) is 0 Å². The molecular weight excluding hydrogens is 372 g/mol. The van der Waals surface area contributed by atoms with Gasteiger partial charge in [0.25, 0.3) is 0 Å². The van der Waals surface area contributed by atoms with Crippen LogP contribution in [0.4, 0.5) is 0 Å². The van der Waals surface area contributed by atoms with E-state index in [2.05, 4.69) is 20.5 Å². The second kappa shape index (κ2) is 8.26. The summed E-state index contributed by atoms with van der Waals surface area (Å²) in [5.74, 6) is 0.252. The van der Waals surface area contributed by atoms with Crippen LogP contribution in [0.2, 0.25) is 0 Å². The SMILES string of the molecule is Cc1ccc(-n2cnnc2SCC(=O)NCCc2cn3ccccc3n2)cc1. The van der Waals surface area contributed by atoms with E-state index in [4.69, 9.17) is 0 Å². The summed E-state index contributed by atoms with van der Waals surface area (Å²) in [6.45, 7) is 2.59. The minimum Gasteiger partial charge on any atom is -0.355 e. The Labute approximate surface area is 166 Å². The molecule has 0 aliphatic carbocycles. The minimum atomic E-state index is -0.0350. The lowest BCUT2D eigenvalue weighted by atomic mass is 10.2. The summed E-state index contributed by atoms with van der Waals surface area (Å²) in [7, 11) is 0. The van der Waals surface area contributed by atoms with Crippen LogP contribution in [0.25, 0.3) is 11.3 Å². The molecule has 0 spiro atoms. The molecule has 4 aromatic rings. The highest BCUT2D eigenvalue weighted by Crippen LogP contribution is 2.19. The monoisotopic (exact) mass is 392 g/mol. The first-order valence-corrected chi connectivity index (χ1v) is 9.97. The molecule has 0 bridgehead atoms. The molecule has 0 aliphatic rings. The molecule has 0 atom stereocenters. The lowest BCUT2D eigenvalue weighted by molar-refractivity contribution is -0.118. The van der Waals surface area contributed by atoms with Crippen LogP contribution in [0, 0.1) is 6.92 Å². The lowest BCUT2D eigenvalue weighted by Gasteiger charge is -2.07. The molecule has 3 heterocycles. The molecule has 0 unspecified atom stereocenters. The number of amides is 1. The predicted octanol–water partition coefficient (Wildman–Crippen LogP) is 2.67. The normalized spacial score (nSPS) is 11.0. The third-order valence-corrected chi connectivity index (χ3v) is 5.22. The van der Waals surface area contributed by atoms with Gasteiger partial charge in [-0.05, 0) is 31.2 Å². The van der Waals surface area contributed by atoms with Gasteiger partial charge in [-0.15, -0.1) is 10.2 Å². The van der Waals surface area contributed by atoms with Gasteiger partial charge in [0.2, 0.25) is 5.91 Å².